The maximum atomic E-state index is 6.50. The molecule has 0 bridgehead atoms. The largest absolute Gasteiger partial charge is 0.456 e. The Bertz CT molecular complexity index is 2800. The molecular formula is C41H23N3O2. The number of oxazole rings is 1. The number of hydrogen-bond donors (Lipinski definition) is 0. The van der Waals surface area contributed by atoms with E-state index in [1.807, 2.05) is 72.8 Å². The molecule has 0 saturated heterocycles. The van der Waals surface area contributed by atoms with Crippen LogP contribution in [0.25, 0.3) is 99.6 Å². The van der Waals surface area contributed by atoms with Gasteiger partial charge in [-0.15, -0.1) is 0 Å². The highest BCUT2D eigenvalue weighted by molar-refractivity contribution is 6.32. The van der Waals surface area contributed by atoms with Gasteiger partial charge in [0.2, 0.25) is 5.89 Å². The molecule has 0 amide bonds. The topological polar surface area (TPSA) is 65.0 Å². The highest BCUT2D eigenvalue weighted by Gasteiger charge is 2.22. The zero-order valence-electron chi connectivity index (χ0n) is 24.4. The van der Waals surface area contributed by atoms with Gasteiger partial charge in [-0.05, 0) is 64.7 Å². The molecule has 0 aliphatic rings. The Kier molecular flexibility index (Phi) is 5.22. The van der Waals surface area contributed by atoms with Crippen molar-refractivity contribution in [3.63, 3.8) is 0 Å². The van der Waals surface area contributed by atoms with Gasteiger partial charge in [-0.1, -0.05) is 91.0 Å². The summed E-state index contributed by atoms with van der Waals surface area (Å²) in [5.74, 6) is 1.26. The van der Waals surface area contributed by atoms with Crippen LogP contribution < -0.4 is 0 Å². The normalized spacial score (nSPS) is 11.9. The molecular weight excluding hydrogens is 566 g/mol. The van der Waals surface area contributed by atoms with Crippen molar-refractivity contribution in [1.29, 1.82) is 0 Å². The number of benzene rings is 7. The number of furan rings is 1. The molecule has 5 heteroatoms. The van der Waals surface area contributed by atoms with Gasteiger partial charge in [0.1, 0.15) is 16.7 Å². The second-order valence-corrected chi connectivity index (χ2v) is 11.6. The van der Waals surface area contributed by atoms with E-state index in [-0.39, 0.29) is 0 Å². The molecule has 0 N–H and O–H groups in total. The van der Waals surface area contributed by atoms with Crippen LogP contribution in [-0.2, 0) is 0 Å². The number of para-hydroxylation sites is 1. The number of aromatic nitrogens is 3. The Labute approximate surface area is 262 Å². The van der Waals surface area contributed by atoms with Crippen LogP contribution in [0.5, 0.6) is 0 Å². The maximum Gasteiger partial charge on any atom is 0.227 e. The van der Waals surface area contributed by atoms with Gasteiger partial charge >= 0.3 is 0 Å². The molecule has 0 fully saturated rings. The third-order valence-electron chi connectivity index (χ3n) is 8.89. The van der Waals surface area contributed by atoms with Gasteiger partial charge in [-0.25, -0.2) is 15.0 Å². The molecule has 3 heterocycles. The van der Waals surface area contributed by atoms with E-state index in [9.17, 15) is 0 Å². The summed E-state index contributed by atoms with van der Waals surface area (Å²) >= 11 is 0. The SMILES string of the molecule is c1ccc(-c2nc3c(ccc4oc5ccc6c(-c7nc(-c8ccccc8)c8ccccc8n7)cc7ccccc7c6c5c43)o2)cc1. The molecule has 0 spiro atoms. The fourth-order valence-electron chi connectivity index (χ4n) is 6.83. The first-order chi connectivity index (χ1) is 22.8. The summed E-state index contributed by atoms with van der Waals surface area (Å²) < 4.78 is 12.8. The third kappa shape index (κ3) is 3.66. The molecule has 0 atom stereocenters. The molecule has 3 aromatic heterocycles. The van der Waals surface area contributed by atoms with E-state index >= 15 is 0 Å². The van der Waals surface area contributed by atoms with Crippen LogP contribution in [-0.4, -0.2) is 15.0 Å². The molecule has 0 aliphatic carbocycles. The van der Waals surface area contributed by atoms with E-state index in [4.69, 9.17) is 23.8 Å². The van der Waals surface area contributed by atoms with Gasteiger partial charge in [0.15, 0.2) is 11.4 Å². The van der Waals surface area contributed by atoms with Crippen LogP contribution in [0.15, 0.2) is 148 Å². The average molecular weight is 590 g/mol. The Hall–Kier alpha value is -6.33. The van der Waals surface area contributed by atoms with Crippen LogP contribution in [0.3, 0.4) is 0 Å². The van der Waals surface area contributed by atoms with E-state index in [2.05, 4.69) is 66.7 Å². The lowest BCUT2D eigenvalue weighted by Crippen LogP contribution is -1.96. The van der Waals surface area contributed by atoms with Gasteiger partial charge in [-0.3, -0.25) is 0 Å². The number of nitrogens with zero attached hydrogens (tertiary/aromatic N) is 3. The summed E-state index contributed by atoms with van der Waals surface area (Å²) in [4.78, 5) is 15.4. The summed E-state index contributed by atoms with van der Waals surface area (Å²) in [6, 6.07) is 47.4. The number of hydrogen-bond acceptors (Lipinski definition) is 5. The molecule has 0 saturated carbocycles. The van der Waals surface area contributed by atoms with Crippen molar-refractivity contribution in [3.05, 3.63) is 140 Å². The van der Waals surface area contributed by atoms with E-state index < -0.39 is 0 Å². The smallest absolute Gasteiger partial charge is 0.227 e. The van der Waals surface area contributed by atoms with Crippen molar-refractivity contribution in [1.82, 2.24) is 15.0 Å². The summed E-state index contributed by atoms with van der Waals surface area (Å²) in [7, 11) is 0. The minimum Gasteiger partial charge on any atom is -0.456 e. The van der Waals surface area contributed by atoms with E-state index in [0.717, 1.165) is 87.9 Å². The fourth-order valence-corrected chi connectivity index (χ4v) is 6.83. The fraction of sp³-hybridized carbons (Fsp3) is 0. The Balaban J connectivity index is 1.34. The van der Waals surface area contributed by atoms with E-state index in [0.29, 0.717) is 11.7 Å². The second-order valence-electron chi connectivity index (χ2n) is 11.6. The highest BCUT2D eigenvalue weighted by Crippen LogP contribution is 2.44. The molecule has 0 aliphatic heterocycles. The highest BCUT2D eigenvalue weighted by atomic mass is 16.4. The minimum atomic E-state index is 0.584. The summed E-state index contributed by atoms with van der Waals surface area (Å²) in [5, 5.41) is 7.33. The van der Waals surface area contributed by atoms with Gasteiger partial charge in [-0.2, -0.15) is 0 Å². The third-order valence-corrected chi connectivity index (χ3v) is 8.89. The van der Waals surface area contributed by atoms with Gasteiger partial charge in [0, 0.05) is 32.8 Å². The lowest BCUT2D eigenvalue weighted by molar-refractivity contribution is 0.619. The van der Waals surface area contributed by atoms with Crippen molar-refractivity contribution >= 4 is 65.5 Å². The number of rotatable bonds is 3. The van der Waals surface area contributed by atoms with Crippen molar-refractivity contribution in [2.45, 2.75) is 0 Å². The van der Waals surface area contributed by atoms with Crippen LogP contribution in [0.4, 0.5) is 0 Å². The Morgan fingerprint density at radius 1 is 0.435 bits per heavy atom. The summed E-state index contributed by atoms with van der Waals surface area (Å²) in [5.41, 5.74) is 7.83. The average Bonchev–Trinajstić information content (AvgIpc) is 3.73. The molecule has 10 rings (SSSR count). The maximum absolute atomic E-state index is 6.50. The first-order valence-corrected chi connectivity index (χ1v) is 15.3. The first-order valence-electron chi connectivity index (χ1n) is 15.3. The van der Waals surface area contributed by atoms with E-state index in [1.54, 1.807) is 0 Å². The van der Waals surface area contributed by atoms with Crippen molar-refractivity contribution in [2.75, 3.05) is 0 Å². The van der Waals surface area contributed by atoms with Crippen molar-refractivity contribution < 1.29 is 8.83 Å². The van der Waals surface area contributed by atoms with Crippen LogP contribution >= 0.6 is 0 Å². The minimum absolute atomic E-state index is 0.584. The first kappa shape index (κ1) is 25.0. The zero-order chi connectivity index (χ0) is 30.2. The lowest BCUT2D eigenvalue weighted by Gasteiger charge is -2.13. The monoisotopic (exact) mass is 589 g/mol. The van der Waals surface area contributed by atoms with Crippen molar-refractivity contribution in [2.24, 2.45) is 0 Å². The van der Waals surface area contributed by atoms with Crippen LogP contribution in [0.2, 0.25) is 0 Å². The molecule has 0 unspecified atom stereocenters. The Morgan fingerprint density at radius 3 is 1.96 bits per heavy atom. The molecule has 10 aromatic rings. The quantitative estimate of drug-likeness (QED) is 0.192. The lowest BCUT2D eigenvalue weighted by atomic mass is 9.93. The predicted molar refractivity (Wildman–Crippen MR) is 186 cm³/mol. The van der Waals surface area contributed by atoms with Crippen molar-refractivity contribution in [3.8, 4) is 34.1 Å². The van der Waals surface area contributed by atoms with Crippen LogP contribution in [0, 0.1) is 0 Å². The number of fused-ring (bicyclic) bond motifs is 10. The molecule has 214 valence electrons. The second kappa shape index (κ2) is 9.58. The predicted octanol–water partition coefficient (Wildman–Crippen LogP) is 11.0. The van der Waals surface area contributed by atoms with Crippen LogP contribution in [0.1, 0.15) is 0 Å². The summed E-state index contributed by atoms with van der Waals surface area (Å²) in [6.07, 6.45) is 0. The zero-order valence-corrected chi connectivity index (χ0v) is 24.4. The van der Waals surface area contributed by atoms with E-state index in [1.165, 1.54) is 0 Å². The standard InChI is InChI=1S/C41H23N3O2/c1-3-11-24(12-4-1)38-29-17-9-10-18-31(29)42-40(43-38)30-23-26-15-7-8-16-27(26)35-28(30)19-20-32-36(35)37-33(45-32)21-22-34-39(37)44-41(46-34)25-13-5-2-6-14-25/h1-23H. The molecule has 46 heavy (non-hydrogen) atoms. The molecule has 0 radical (unpaired) electrons. The van der Waals surface area contributed by atoms with Gasteiger partial charge in [0.05, 0.1) is 16.6 Å². The molecule has 7 aromatic carbocycles. The Morgan fingerprint density at radius 2 is 1.11 bits per heavy atom. The summed E-state index contributed by atoms with van der Waals surface area (Å²) in [6.45, 7) is 0. The van der Waals surface area contributed by atoms with Gasteiger partial charge < -0.3 is 8.83 Å². The molecule has 5 nitrogen and oxygen atoms in total. The van der Waals surface area contributed by atoms with Gasteiger partial charge in [0.25, 0.3) is 0 Å².